The summed E-state index contributed by atoms with van der Waals surface area (Å²) in [6.07, 6.45) is 0. The van der Waals surface area contributed by atoms with Crippen molar-refractivity contribution in [2.24, 2.45) is 0 Å². The number of halogens is 2. The molecule has 2 nitrogen and oxygen atoms in total. The van der Waals surface area contributed by atoms with Crippen molar-refractivity contribution in [3.63, 3.8) is 0 Å². The van der Waals surface area contributed by atoms with E-state index in [4.69, 9.17) is 0 Å². The van der Waals surface area contributed by atoms with Gasteiger partial charge in [-0.1, -0.05) is 15.9 Å². The second kappa shape index (κ2) is 5.06. The largest absolute Gasteiger partial charge is 0.305 e. The van der Waals surface area contributed by atoms with Gasteiger partial charge in [-0.15, -0.1) is 0 Å². The van der Waals surface area contributed by atoms with E-state index >= 15 is 0 Å². The first kappa shape index (κ1) is 13.3. The van der Waals surface area contributed by atoms with E-state index in [0.29, 0.717) is 4.47 Å². The quantitative estimate of drug-likeness (QED) is 0.866. The molecule has 0 radical (unpaired) electrons. The lowest BCUT2D eigenvalue weighted by Crippen LogP contribution is -2.39. The highest BCUT2D eigenvalue weighted by Gasteiger charge is 2.15. The van der Waals surface area contributed by atoms with Crippen LogP contribution in [0.1, 0.15) is 31.1 Å². The first-order valence-electron chi connectivity index (χ1n) is 5.03. The summed E-state index contributed by atoms with van der Waals surface area (Å²) in [6, 6.07) is 4.36. The van der Waals surface area contributed by atoms with Crippen LogP contribution < -0.4 is 5.32 Å². The van der Waals surface area contributed by atoms with Crippen molar-refractivity contribution in [3.8, 4) is 0 Å². The zero-order valence-electron chi connectivity index (χ0n) is 9.60. The SMILES string of the molecule is CC(C)(C)NCC(=O)c1cc(Br)ccc1F. The van der Waals surface area contributed by atoms with Crippen LogP contribution in [0.2, 0.25) is 0 Å². The molecule has 16 heavy (non-hydrogen) atoms. The average molecular weight is 288 g/mol. The third-order valence-corrected chi connectivity index (χ3v) is 2.50. The fourth-order valence-electron chi connectivity index (χ4n) is 1.15. The molecule has 1 rings (SSSR count). The van der Waals surface area contributed by atoms with Crippen molar-refractivity contribution >= 4 is 21.7 Å². The van der Waals surface area contributed by atoms with Crippen LogP contribution in [0.25, 0.3) is 0 Å². The predicted octanol–water partition coefficient (Wildman–Crippen LogP) is 3.16. The predicted molar refractivity (Wildman–Crippen MR) is 66.2 cm³/mol. The number of benzene rings is 1. The number of hydrogen-bond donors (Lipinski definition) is 1. The zero-order chi connectivity index (χ0) is 12.3. The van der Waals surface area contributed by atoms with Gasteiger partial charge in [0.1, 0.15) is 5.82 Å². The van der Waals surface area contributed by atoms with Gasteiger partial charge in [-0.3, -0.25) is 4.79 Å². The van der Waals surface area contributed by atoms with Gasteiger partial charge in [0.05, 0.1) is 12.1 Å². The normalized spacial score (nSPS) is 11.6. The molecule has 0 unspecified atom stereocenters. The van der Waals surface area contributed by atoms with E-state index in [1.54, 1.807) is 6.07 Å². The van der Waals surface area contributed by atoms with Crippen molar-refractivity contribution in [1.82, 2.24) is 5.32 Å². The minimum Gasteiger partial charge on any atom is -0.305 e. The molecular formula is C12H15BrFNO. The van der Waals surface area contributed by atoms with Crippen molar-refractivity contribution in [3.05, 3.63) is 34.1 Å². The summed E-state index contributed by atoms with van der Waals surface area (Å²) < 4.78 is 14.1. The smallest absolute Gasteiger partial charge is 0.179 e. The van der Waals surface area contributed by atoms with Crippen molar-refractivity contribution in [1.29, 1.82) is 0 Å². The zero-order valence-corrected chi connectivity index (χ0v) is 11.2. The van der Waals surface area contributed by atoms with Gasteiger partial charge in [0.2, 0.25) is 0 Å². The third kappa shape index (κ3) is 4.02. The van der Waals surface area contributed by atoms with E-state index in [1.807, 2.05) is 20.8 Å². The molecule has 0 atom stereocenters. The Bertz CT molecular complexity index is 398. The summed E-state index contributed by atoms with van der Waals surface area (Å²) >= 11 is 3.22. The molecule has 1 aromatic rings. The summed E-state index contributed by atoms with van der Waals surface area (Å²) in [5.41, 5.74) is -0.0378. The van der Waals surface area contributed by atoms with Crippen LogP contribution in [-0.2, 0) is 0 Å². The number of rotatable bonds is 3. The first-order valence-corrected chi connectivity index (χ1v) is 5.82. The summed E-state index contributed by atoms with van der Waals surface area (Å²) in [5, 5.41) is 3.04. The highest BCUT2D eigenvalue weighted by Crippen LogP contribution is 2.16. The molecular weight excluding hydrogens is 273 g/mol. The van der Waals surface area contributed by atoms with Crippen LogP contribution in [-0.4, -0.2) is 17.9 Å². The van der Waals surface area contributed by atoms with E-state index in [1.165, 1.54) is 12.1 Å². The van der Waals surface area contributed by atoms with Crippen molar-refractivity contribution in [2.45, 2.75) is 26.3 Å². The molecule has 0 aliphatic rings. The van der Waals surface area contributed by atoms with Crippen molar-refractivity contribution < 1.29 is 9.18 Å². The molecule has 0 heterocycles. The first-order chi connectivity index (χ1) is 7.29. The molecule has 1 N–H and O–H groups in total. The molecule has 88 valence electrons. The molecule has 0 bridgehead atoms. The van der Waals surface area contributed by atoms with Gasteiger partial charge in [0, 0.05) is 10.0 Å². The summed E-state index contributed by atoms with van der Waals surface area (Å²) in [4.78, 5) is 11.7. The number of nitrogens with one attached hydrogen (secondary N) is 1. The second-order valence-corrected chi connectivity index (χ2v) is 5.57. The van der Waals surface area contributed by atoms with Gasteiger partial charge in [-0.2, -0.15) is 0 Å². The number of hydrogen-bond acceptors (Lipinski definition) is 2. The van der Waals surface area contributed by atoms with E-state index in [-0.39, 0.29) is 23.4 Å². The second-order valence-electron chi connectivity index (χ2n) is 4.65. The lowest BCUT2D eigenvalue weighted by molar-refractivity contribution is 0.0978. The maximum absolute atomic E-state index is 13.4. The standard InChI is InChI=1S/C12H15BrFNO/c1-12(2,3)15-7-11(16)9-6-8(13)4-5-10(9)14/h4-6,15H,7H2,1-3H3. The van der Waals surface area contributed by atoms with E-state index in [9.17, 15) is 9.18 Å². The number of carbonyl (C=O) groups excluding carboxylic acids is 1. The van der Waals surface area contributed by atoms with E-state index in [2.05, 4.69) is 21.2 Å². The highest BCUT2D eigenvalue weighted by molar-refractivity contribution is 9.10. The molecule has 4 heteroatoms. The molecule has 0 aliphatic carbocycles. The molecule has 0 saturated heterocycles. The molecule has 0 amide bonds. The van der Waals surface area contributed by atoms with Gasteiger partial charge in [-0.05, 0) is 39.0 Å². The van der Waals surface area contributed by atoms with Crippen LogP contribution in [0.3, 0.4) is 0 Å². The molecule has 0 aliphatic heterocycles. The van der Waals surface area contributed by atoms with Gasteiger partial charge in [0.15, 0.2) is 5.78 Å². The Labute approximate surface area is 103 Å². The number of carbonyl (C=O) groups is 1. The maximum atomic E-state index is 13.4. The molecule has 0 spiro atoms. The highest BCUT2D eigenvalue weighted by atomic mass is 79.9. The number of ketones is 1. The minimum atomic E-state index is -0.482. The third-order valence-electron chi connectivity index (χ3n) is 2.01. The van der Waals surface area contributed by atoms with Gasteiger partial charge < -0.3 is 5.32 Å². The Morgan fingerprint density at radius 2 is 2.06 bits per heavy atom. The Kier molecular flexibility index (Phi) is 4.21. The Morgan fingerprint density at radius 1 is 1.44 bits per heavy atom. The lowest BCUT2D eigenvalue weighted by atomic mass is 10.1. The Balaban J connectivity index is 2.77. The Hall–Kier alpha value is -0.740. The topological polar surface area (TPSA) is 29.1 Å². The van der Waals surface area contributed by atoms with Gasteiger partial charge >= 0.3 is 0 Å². The van der Waals surface area contributed by atoms with E-state index < -0.39 is 5.82 Å². The summed E-state index contributed by atoms with van der Waals surface area (Å²) in [6.45, 7) is 6.00. The fraction of sp³-hybridized carbons (Fsp3) is 0.417. The van der Waals surface area contributed by atoms with Gasteiger partial charge in [-0.25, -0.2) is 4.39 Å². The van der Waals surface area contributed by atoms with Crippen LogP contribution in [0.4, 0.5) is 4.39 Å². The molecule has 0 aromatic heterocycles. The lowest BCUT2D eigenvalue weighted by Gasteiger charge is -2.19. The van der Waals surface area contributed by atoms with Crippen LogP contribution in [0, 0.1) is 5.82 Å². The monoisotopic (exact) mass is 287 g/mol. The average Bonchev–Trinajstić information content (AvgIpc) is 2.17. The van der Waals surface area contributed by atoms with Crippen molar-refractivity contribution in [2.75, 3.05) is 6.54 Å². The summed E-state index contributed by atoms with van der Waals surface area (Å²) in [7, 11) is 0. The maximum Gasteiger partial charge on any atom is 0.179 e. The minimum absolute atomic E-state index is 0.117. The molecule has 0 saturated carbocycles. The summed E-state index contributed by atoms with van der Waals surface area (Å²) in [5.74, 6) is -0.724. The van der Waals surface area contributed by atoms with Gasteiger partial charge in [0.25, 0.3) is 0 Å². The molecule has 1 aromatic carbocycles. The van der Waals surface area contributed by atoms with Crippen LogP contribution >= 0.6 is 15.9 Å². The fourth-order valence-corrected chi connectivity index (χ4v) is 1.51. The molecule has 0 fully saturated rings. The van der Waals surface area contributed by atoms with Crippen LogP contribution in [0.5, 0.6) is 0 Å². The van der Waals surface area contributed by atoms with Crippen LogP contribution in [0.15, 0.2) is 22.7 Å². The van der Waals surface area contributed by atoms with E-state index in [0.717, 1.165) is 0 Å². The number of Topliss-reactive ketones (excluding diaryl/α,β-unsaturated/α-hetero) is 1. The Morgan fingerprint density at radius 3 is 2.62 bits per heavy atom.